The van der Waals surface area contributed by atoms with Gasteiger partial charge in [0.25, 0.3) is 20.2 Å². The van der Waals surface area contributed by atoms with Crippen LogP contribution in [-0.2, 0) is 20.2 Å². The van der Waals surface area contributed by atoms with Crippen LogP contribution >= 0.6 is 0 Å². The molecule has 0 heterocycles. The molecule has 0 aromatic heterocycles. The summed E-state index contributed by atoms with van der Waals surface area (Å²) in [7, 11) is -10.4. The molecular weight excluding hydrogens is 358 g/mol. The van der Waals surface area contributed by atoms with Crippen molar-refractivity contribution in [2.45, 2.75) is 10.5 Å². The molecule has 0 radical (unpaired) electrons. The van der Waals surface area contributed by atoms with Crippen LogP contribution in [-0.4, -0.2) is 107 Å². The van der Waals surface area contributed by atoms with Crippen molar-refractivity contribution in [3.8, 4) is 0 Å². The average molecular weight is 368 g/mol. The van der Waals surface area contributed by atoms with Gasteiger partial charge in [-0.15, -0.1) is 0 Å². The number of benzene rings is 1. The van der Waals surface area contributed by atoms with E-state index in [4.69, 9.17) is 9.11 Å². The van der Waals surface area contributed by atoms with Gasteiger partial charge in [0.15, 0.2) is 22.1 Å². The molecule has 2 N–H and O–H groups in total. The summed E-state index contributed by atoms with van der Waals surface area (Å²) in [6.07, 6.45) is 0. The molecule has 0 saturated carbocycles. The van der Waals surface area contributed by atoms with Crippen LogP contribution in [0, 0.1) is 0 Å². The molecule has 8 nitrogen and oxygen atoms in total. The number of carbonyl (C=O) groups is 2. The molecule has 2 rings (SSSR count). The molecule has 2 unspecified atom stereocenters. The summed E-state index contributed by atoms with van der Waals surface area (Å²) in [5.74, 6) is -2.52. The SMILES string of the molecule is O=C1c2ccccc2C(=O)C(S(=O)(=O)O)C1S(=O)(=O)O.[NaH].[NaH]. The van der Waals surface area contributed by atoms with Crippen molar-refractivity contribution in [1.82, 2.24) is 0 Å². The second kappa shape index (κ2) is 7.51. The third-order valence-corrected chi connectivity index (χ3v) is 5.32. The summed E-state index contributed by atoms with van der Waals surface area (Å²) in [6.45, 7) is 0. The summed E-state index contributed by atoms with van der Waals surface area (Å²) in [6, 6.07) is 4.96. The minimum absolute atomic E-state index is 0. The molecule has 1 aliphatic rings. The monoisotopic (exact) mass is 368 g/mol. The molecule has 0 aliphatic heterocycles. The second-order valence-electron chi connectivity index (χ2n) is 4.15. The van der Waals surface area contributed by atoms with Crippen LogP contribution in [0.5, 0.6) is 0 Å². The van der Waals surface area contributed by atoms with Crippen LogP contribution < -0.4 is 0 Å². The van der Waals surface area contributed by atoms with Crippen LogP contribution in [0.15, 0.2) is 24.3 Å². The zero-order valence-corrected chi connectivity index (χ0v) is 11.3. The van der Waals surface area contributed by atoms with E-state index in [-0.39, 0.29) is 70.2 Å². The van der Waals surface area contributed by atoms with E-state index in [9.17, 15) is 26.4 Å². The van der Waals surface area contributed by atoms with E-state index in [1.807, 2.05) is 0 Å². The van der Waals surface area contributed by atoms with Gasteiger partial charge in [0, 0.05) is 11.1 Å². The number of Topliss-reactive ketones (excluding diaryl/α,β-unsaturated/α-hetero) is 2. The Bertz CT molecular complexity index is 746. The van der Waals surface area contributed by atoms with E-state index in [2.05, 4.69) is 0 Å². The zero-order chi connectivity index (χ0) is 15.3. The molecule has 0 amide bonds. The van der Waals surface area contributed by atoms with Crippen molar-refractivity contribution >= 4 is 90.9 Å². The van der Waals surface area contributed by atoms with Crippen molar-refractivity contribution in [2.24, 2.45) is 0 Å². The molecule has 1 aliphatic carbocycles. The van der Waals surface area contributed by atoms with E-state index in [0.717, 1.165) is 12.1 Å². The van der Waals surface area contributed by atoms with Crippen LogP contribution in [0.25, 0.3) is 0 Å². The summed E-state index contributed by atoms with van der Waals surface area (Å²) >= 11 is 0. The van der Waals surface area contributed by atoms with Gasteiger partial charge in [-0.05, 0) is 0 Å². The van der Waals surface area contributed by atoms with E-state index >= 15 is 0 Å². The third kappa shape index (κ3) is 4.07. The van der Waals surface area contributed by atoms with Crippen molar-refractivity contribution < 1.29 is 35.5 Å². The topological polar surface area (TPSA) is 143 Å². The van der Waals surface area contributed by atoms with Gasteiger partial charge >= 0.3 is 59.1 Å². The van der Waals surface area contributed by atoms with Crippen LogP contribution in [0.4, 0.5) is 0 Å². The summed E-state index contributed by atoms with van der Waals surface area (Å²) in [5, 5.41) is -5.14. The summed E-state index contributed by atoms with van der Waals surface area (Å²) in [5.41, 5.74) is -0.639. The molecule has 112 valence electrons. The second-order valence-corrected chi connectivity index (χ2v) is 7.22. The maximum atomic E-state index is 12.0. The van der Waals surface area contributed by atoms with Gasteiger partial charge < -0.3 is 0 Å². The summed E-state index contributed by atoms with van der Waals surface area (Å²) in [4.78, 5) is 24.0. The van der Waals surface area contributed by atoms with Crippen molar-refractivity contribution in [1.29, 1.82) is 0 Å². The Morgan fingerprint density at radius 2 is 1.00 bits per heavy atom. The number of hydrogen-bond donors (Lipinski definition) is 2. The van der Waals surface area contributed by atoms with Crippen molar-refractivity contribution in [2.75, 3.05) is 0 Å². The van der Waals surface area contributed by atoms with Gasteiger partial charge in [0.05, 0.1) is 0 Å². The Morgan fingerprint density at radius 3 is 1.23 bits per heavy atom. The van der Waals surface area contributed by atoms with Crippen LogP contribution in [0.1, 0.15) is 20.7 Å². The Balaban J connectivity index is 0.00000220. The molecule has 0 fully saturated rings. The number of rotatable bonds is 2. The molecule has 2 atom stereocenters. The number of carbonyl (C=O) groups excluding carboxylic acids is 2. The first-order valence-electron chi connectivity index (χ1n) is 5.15. The summed E-state index contributed by atoms with van der Waals surface area (Å²) < 4.78 is 62.9. The quantitative estimate of drug-likeness (QED) is 0.464. The molecule has 0 saturated heterocycles. The van der Waals surface area contributed by atoms with Crippen LogP contribution in [0.2, 0.25) is 0 Å². The van der Waals surface area contributed by atoms with Gasteiger partial charge in [0.2, 0.25) is 0 Å². The molecular formula is C10H10Na2O8S2. The molecule has 1 aromatic rings. The first-order valence-corrected chi connectivity index (χ1v) is 8.16. The number of hydrogen-bond acceptors (Lipinski definition) is 6. The standard InChI is InChI=1S/C10H8O8S2.2Na.2H/c11-7-5-3-1-2-4-6(5)8(12)10(20(16,17)18)9(7)19(13,14)15;;;;/h1-4,9-10H,(H,13,14,15)(H,16,17,18);;;;. The van der Waals surface area contributed by atoms with E-state index in [1.165, 1.54) is 12.1 Å². The minimum atomic E-state index is -5.19. The predicted octanol–water partition coefficient (Wildman–Crippen LogP) is -1.72. The van der Waals surface area contributed by atoms with Crippen molar-refractivity contribution in [3.63, 3.8) is 0 Å². The van der Waals surface area contributed by atoms with Gasteiger partial charge in [-0.25, -0.2) is 0 Å². The Labute approximate surface area is 170 Å². The Morgan fingerprint density at radius 1 is 0.727 bits per heavy atom. The normalized spacial score (nSPS) is 21.4. The van der Waals surface area contributed by atoms with Gasteiger partial charge in [-0.2, -0.15) is 16.8 Å². The first-order chi connectivity index (χ1) is 9.05. The predicted molar refractivity (Wildman–Crippen MR) is 80.1 cm³/mol. The van der Waals surface area contributed by atoms with Crippen LogP contribution in [0.3, 0.4) is 0 Å². The van der Waals surface area contributed by atoms with E-state index in [0.29, 0.717) is 0 Å². The fraction of sp³-hybridized carbons (Fsp3) is 0.200. The molecule has 22 heavy (non-hydrogen) atoms. The average Bonchev–Trinajstić information content (AvgIpc) is 2.30. The first kappa shape index (κ1) is 22.4. The number of ketones is 2. The maximum absolute atomic E-state index is 12.0. The van der Waals surface area contributed by atoms with Gasteiger partial charge in [0.1, 0.15) is 0 Å². The molecule has 1 aromatic carbocycles. The third-order valence-electron chi connectivity index (χ3n) is 2.89. The number of fused-ring (bicyclic) bond motifs is 1. The van der Waals surface area contributed by atoms with Crippen molar-refractivity contribution in [3.05, 3.63) is 35.4 Å². The molecule has 12 heteroatoms. The fourth-order valence-electron chi connectivity index (χ4n) is 2.08. The Hall–Kier alpha value is 0.380. The van der Waals surface area contributed by atoms with Gasteiger partial charge in [-0.3, -0.25) is 18.7 Å². The Kier molecular flexibility index (Phi) is 7.64. The molecule has 0 bridgehead atoms. The zero-order valence-electron chi connectivity index (χ0n) is 9.62. The molecule has 0 spiro atoms. The van der Waals surface area contributed by atoms with E-state index in [1.54, 1.807) is 0 Å². The fourth-order valence-corrected chi connectivity index (χ4v) is 4.59. The van der Waals surface area contributed by atoms with Gasteiger partial charge in [-0.1, -0.05) is 24.3 Å². The van der Waals surface area contributed by atoms with E-state index < -0.39 is 42.3 Å².